The molecule has 0 saturated carbocycles. The number of hydrogen-bond donors (Lipinski definition) is 1. The van der Waals surface area contributed by atoms with E-state index in [9.17, 15) is 9.18 Å². The highest BCUT2D eigenvalue weighted by Gasteiger charge is 2.07. The lowest BCUT2D eigenvalue weighted by Crippen LogP contribution is -2.27. The predicted molar refractivity (Wildman–Crippen MR) is 78.4 cm³/mol. The molecule has 106 valence electrons. The molecule has 1 amide bonds. The van der Waals surface area contributed by atoms with E-state index in [0.29, 0.717) is 12.1 Å². The number of hydrogen-bond acceptors (Lipinski definition) is 3. The van der Waals surface area contributed by atoms with E-state index in [-0.39, 0.29) is 18.1 Å². The van der Waals surface area contributed by atoms with Gasteiger partial charge in [-0.2, -0.15) is 0 Å². The highest BCUT2D eigenvalue weighted by molar-refractivity contribution is 7.11. The summed E-state index contributed by atoms with van der Waals surface area (Å²) < 4.78 is 13.0. The maximum atomic E-state index is 13.0. The topological polar surface area (TPSA) is 42.0 Å². The van der Waals surface area contributed by atoms with Crippen LogP contribution in [0.25, 0.3) is 0 Å². The molecule has 5 heteroatoms. The number of benzene rings is 1. The van der Waals surface area contributed by atoms with Crippen molar-refractivity contribution in [1.82, 2.24) is 10.3 Å². The number of amides is 1. The van der Waals surface area contributed by atoms with Gasteiger partial charge < -0.3 is 5.32 Å². The number of nitrogens with zero attached hydrogens (tertiary/aromatic N) is 1. The van der Waals surface area contributed by atoms with E-state index in [4.69, 9.17) is 0 Å². The maximum absolute atomic E-state index is 13.0. The third kappa shape index (κ3) is 4.13. The summed E-state index contributed by atoms with van der Waals surface area (Å²) >= 11 is 1.66. The monoisotopic (exact) mass is 292 g/mol. The molecule has 0 fully saturated rings. The molecule has 2 aromatic rings. The number of carbonyl (C=O) groups is 1. The van der Waals surface area contributed by atoms with Gasteiger partial charge in [-0.1, -0.05) is 12.1 Å². The lowest BCUT2D eigenvalue weighted by atomic mass is 10.1. The van der Waals surface area contributed by atoms with Gasteiger partial charge in [-0.3, -0.25) is 4.79 Å². The third-order valence-corrected chi connectivity index (χ3v) is 4.06. The lowest BCUT2D eigenvalue weighted by Gasteiger charge is -2.05. The van der Waals surface area contributed by atoms with Crippen molar-refractivity contribution in [2.45, 2.75) is 26.7 Å². The Morgan fingerprint density at radius 3 is 2.85 bits per heavy atom. The first kappa shape index (κ1) is 14.7. The third-order valence-electron chi connectivity index (χ3n) is 2.93. The second-order valence-electron chi connectivity index (χ2n) is 4.65. The van der Waals surface area contributed by atoms with Crippen LogP contribution in [0, 0.1) is 19.7 Å². The minimum atomic E-state index is -0.314. The van der Waals surface area contributed by atoms with E-state index in [2.05, 4.69) is 10.3 Å². The van der Waals surface area contributed by atoms with Crippen molar-refractivity contribution >= 4 is 17.2 Å². The summed E-state index contributed by atoms with van der Waals surface area (Å²) in [5.74, 6) is -0.402. The van der Waals surface area contributed by atoms with Crippen molar-refractivity contribution in [3.8, 4) is 0 Å². The van der Waals surface area contributed by atoms with Crippen LogP contribution in [-0.4, -0.2) is 17.4 Å². The van der Waals surface area contributed by atoms with Crippen LogP contribution in [0.4, 0.5) is 4.39 Å². The van der Waals surface area contributed by atoms with Gasteiger partial charge in [0.05, 0.1) is 17.1 Å². The summed E-state index contributed by atoms with van der Waals surface area (Å²) in [5, 5.41) is 3.90. The van der Waals surface area contributed by atoms with Crippen LogP contribution in [-0.2, 0) is 17.6 Å². The average molecular weight is 292 g/mol. The summed E-state index contributed by atoms with van der Waals surface area (Å²) in [5.41, 5.74) is 1.72. The molecular formula is C15H17FN2OS. The van der Waals surface area contributed by atoms with Crippen molar-refractivity contribution in [1.29, 1.82) is 0 Å². The fourth-order valence-corrected chi connectivity index (χ4v) is 2.95. The molecular weight excluding hydrogens is 275 g/mol. The Morgan fingerprint density at radius 2 is 2.20 bits per heavy atom. The second kappa shape index (κ2) is 6.61. The molecule has 20 heavy (non-hydrogen) atoms. The zero-order chi connectivity index (χ0) is 14.5. The molecule has 0 radical (unpaired) electrons. The quantitative estimate of drug-likeness (QED) is 0.920. The lowest BCUT2D eigenvalue weighted by molar-refractivity contribution is -0.120. The maximum Gasteiger partial charge on any atom is 0.224 e. The van der Waals surface area contributed by atoms with Crippen LogP contribution in [0.2, 0.25) is 0 Å². The van der Waals surface area contributed by atoms with Gasteiger partial charge in [-0.25, -0.2) is 9.37 Å². The van der Waals surface area contributed by atoms with Crippen LogP contribution in [0.15, 0.2) is 24.3 Å². The summed E-state index contributed by atoms with van der Waals surface area (Å²) in [6.45, 7) is 4.54. The molecule has 3 nitrogen and oxygen atoms in total. The highest BCUT2D eigenvalue weighted by Crippen LogP contribution is 2.17. The molecule has 0 aliphatic rings. The average Bonchev–Trinajstić information content (AvgIpc) is 2.68. The van der Waals surface area contributed by atoms with E-state index in [1.807, 2.05) is 13.8 Å². The Labute approximate surface area is 121 Å². The molecule has 0 unspecified atom stereocenters. The van der Waals surface area contributed by atoms with Gasteiger partial charge >= 0.3 is 0 Å². The fourth-order valence-electron chi connectivity index (χ4n) is 2.02. The van der Waals surface area contributed by atoms with Crippen LogP contribution in [0.1, 0.15) is 21.1 Å². The zero-order valence-corrected chi connectivity index (χ0v) is 12.4. The molecule has 1 aromatic heterocycles. The van der Waals surface area contributed by atoms with Crippen molar-refractivity contribution in [2.75, 3.05) is 6.54 Å². The first-order valence-electron chi connectivity index (χ1n) is 6.48. The number of rotatable bonds is 5. The van der Waals surface area contributed by atoms with Gasteiger partial charge in [-0.15, -0.1) is 11.3 Å². The minimum Gasteiger partial charge on any atom is -0.355 e. The molecule has 0 saturated heterocycles. The summed E-state index contributed by atoms with van der Waals surface area (Å²) in [7, 11) is 0. The van der Waals surface area contributed by atoms with E-state index >= 15 is 0 Å². The first-order valence-corrected chi connectivity index (χ1v) is 7.30. The molecule has 1 aromatic carbocycles. The Balaban J connectivity index is 1.79. The number of thiazole rings is 1. The van der Waals surface area contributed by atoms with Crippen LogP contribution < -0.4 is 5.32 Å². The SMILES string of the molecule is Cc1nc(C)c(CCNC(=O)Cc2cccc(F)c2)s1. The molecule has 1 heterocycles. The van der Waals surface area contributed by atoms with E-state index < -0.39 is 0 Å². The number of carbonyl (C=O) groups excluding carboxylic acids is 1. The van der Waals surface area contributed by atoms with Crippen molar-refractivity contribution < 1.29 is 9.18 Å². The standard InChI is InChI=1S/C15H17FN2OS/c1-10-14(20-11(2)18-10)6-7-17-15(19)9-12-4-3-5-13(16)8-12/h3-5,8H,6-7,9H2,1-2H3,(H,17,19). The van der Waals surface area contributed by atoms with Crippen molar-refractivity contribution in [2.24, 2.45) is 0 Å². The smallest absolute Gasteiger partial charge is 0.224 e. The Bertz CT molecular complexity index is 610. The van der Waals surface area contributed by atoms with E-state index in [1.54, 1.807) is 23.5 Å². The Kier molecular flexibility index (Phi) is 4.84. The van der Waals surface area contributed by atoms with E-state index in [1.165, 1.54) is 17.0 Å². The molecule has 0 bridgehead atoms. The Hall–Kier alpha value is -1.75. The minimum absolute atomic E-state index is 0.0884. The van der Waals surface area contributed by atoms with Gasteiger partial charge in [0.25, 0.3) is 0 Å². The van der Waals surface area contributed by atoms with Gasteiger partial charge in [0.1, 0.15) is 5.82 Å². The number of aromatic nitrogens is 1. The number of aryl methyl sites for hydroxylation is 2. The summed E-state index contributed by atoms with van der Waals surface area (Å²) in [4.78, 5) is 17.3. The summed E-state index contributed by atoms with van der Waals surface area (Å²) in [6, 6.07) is 6.12. The van der Waals surface area contributed by atoms with Crippen LogP contribution in [0.5, 0.6) is 0 Å². The number of nitrogens with one attached hydrogen (secondary N) is 1. The molecule has 2 rings (SSSR count). The molecule has 0 spiro atoms. The van der Waals surface area contributed by atoms with Gasteiger partial charge in [0.2, 0.25) is 5.91 Å². The van der Waals surface area contributed by atoms with E-state index in [0.717, 1.165) is 17.1 Å². The molecule has 0 aliphatic heterocycles. The van der Waals surface area contributed by atoms with Gasteiger partial charge in [0.15, 0.2) is 0 Å². The molecule has 0 atom stereocenters. The van der Waals surface area contributed by atoms with Crippen LogP contribution in [0.3, 0.4) is 0 Å². The normalized spacial score (nSPS) is 10.6. The zero-order valence-electron chi connectivity index (χ0n) is 11.6. The predicted octanol–water partition coefficient (Wildman–Crippen LogP) is 2.80. The van der Waals surface area contributed by atoms with Crippen molar-refractivity contribution in [3.05, 3.63) is 51.2 Å². The highest BCUT2D eigenvalue weighted by atomic mass is 32.1. The van der Waals surface area contributed by atoms with Crippen molar-refractivity contribution in [3.63, 3.8) is 0 Å². The first-order chi connectivity index (χ1) is 9.54. The molecule has 0 aliphatic carbocycles. The number of halogens is 1. The van der Waals surface area contributed by atoms with Gasteiger partial charge in [0, 0.05) is 17.8 Å². The van der Waals surface area contributed by atoms with Gasteiger partial charge in [-0.05, 0) is 31.5 Å². The second-order valence-corrected chi connectivity index (χ2v) is 5.94. The Morgan fingerprint density at radius 1 is 1.40 bits per heavy atom. The largest absolute Gasteiger partial charge is 0.355 e. The summed E-state index contributed by atoms with van der Waals surface area (Å²) in [6.07, 6.45) is 0.991. The fraction of sp³-hybridized carbons (Fsp3) is 0.333. The van der Waals surface area contributed by atoms with Crippen LogP contribution >= 0.6 is 11.3 Å². The molecule has 1 N–H and O–H groups in total.